The SMILES string of the molecule is FC1(F)Oc2ccc(NC(=S)NC[C@H]3Cc4ccccc4O3)cc2O1. The highest BCUT2D eigenvalue weighted by Gasteiger charge is 2.43. The fourth-order valence-corrected chi connectivity index (χ4v) is 2.98. The predicted octanol–water partition coefficient (Wildman–Crippen LogP) is 3.30. The van der Waals surface area contributed by atoms with Crippen LogP contribution in [0.25, 0.3) is 0 Å². The number of rotatable bonds is 3. The van der Waals surface area contributed by atoms with Gasteiger partial charge in [0.2, 0.25) is 0 Å². The molecular formula is C17H14F2N2O3S. The summed E-state index contributed by atoms with van der Waals surface area (Å²) in [4.78, 5) is 0. The molecule has 0 amide bonds. The topological polar surface area (TPSA) is 51.8 Å². The van der Waals surface area contributed by atoms with E-state index in [2.05, 4.69) is 20.1 Å². The second-order valence-corrected chi connectivity index (χ2v) is 6.12. The molecule has 0 spiro atoms. The van der Waals surface area contributed by atoms with Crippen LogP contribution in [0, 0.1) is 0 Å². The lowest BCUT2D eigenvalue weighted by Gasteiger charge is -2.14. The molecule has 1 atom stereocenters. The van der Waals surface area contributed by atoms with Gasteiger partial charge in [0.25, 0.3) is 0 Å². The lowest BCUT2D eigenvalue weighted by Crippen LogP contribution is -2.36. The van der Waals surface area contributed by atoms with Gasteiger partial charge >= 0.3 is 6.29 Å². The molecule has 25 heavy (non-hydrogen) atoms. The van der Waals surface area contributed by atoms with Gasteiger partial charge in [-0.15, -0.1) is 8.78 Å². The van der Waals surface area contributed by atoms with E-state index in [1.54, 1.807) is 6.07 Å². The Morgan fingerprint density at radius 3 is 2.76 bits per heavy atom. The van der Waals surface area contributed by atoms with E-state index in [1.165, 1.54) is 17.7 Å². The average molecular weight is 364 g/mol. The van der Waals surface area contributed by atoms with Gasteiger partial charge < -0.3 is 24.8 Å². The highest BCUT2D eigenvalue weighted by molar-refractivity contribution is 7.80. The van der Waals surface area contributed by atoms with Crippen molar-refractivity contribution in [2.24, 2.45) is 0 Å². The first-order chi connectivity index (χ1) is 12.0. The molecule has 2 N–H and O–H groups in total. The molecule has 2 aromatic rings. The Hall–Kier alpha value is -2.61. The number of benzene rings is 2. The number of alkyl halides is 2. The van der Waals surface area contributed by atoms with Crippen LogP contribution in [-0.2, 0) is 6.42 Å². The number of hydrogen-bond acceptors (Lipinski definition) is 4. The molecule has 4 rings (SSSR count). The van der Waals surface area contributed by atoms with Crippen molar-refractivity contribution in [2.75, 3.05) is 11.9 Å². The van der Waals surface area contributed by atoms with Crippen LogP contribution in [0.15, 0.2) is 42.5 Å². The van der Waals surface area contributed by atoms with Crippen molar-refractivity contribution in [1.29, 1.82) is 0 Å². The highest BCUT2D eigenvalue weighted by atomic mass is 32.1. The summed E-state index contributed by atoms with van der Waals surface area (Å²) in [6.45, 7) is 0.531. The minimum Gasteiger partial charge on any atom is -0.488 e. The largest absolute Gasteiger partial charge is 0.586 e. The Labute approximate surface area is 147 Å². The van der Waals surface area contributed by atoms with E-state index in [-0.39, 0.29) is 17.6 Å². The van der Waals surface area contributed by atoms with Crippen molar-refractivity contribution in [2.45, 2.75) is 18.8 Å². The molecule has 8 heteroatoms. The fraction of sp³-hybridized carbons (Fsp3) is 0.235. The van der Waals surface area contributed by atoms with Gasteiger partial charge in [0.1, 0.15) is 11.9 Å². The van der Waals surface area contributed by atoms with Gasteiger partial charge in [-0.2, -0.15) is 0 Å². The lowest BCUT2D eigenvalue weighted by molar-refractivity contribution is -0.286. The van der Waals surface area contributed by atoms with Crippen molar-refractivity contribution < 1.29 is 23.0 Å². The van der Waals surface area contributed by atoms with E-state index < -0.39 is 6.29 Å². The molecule has 0 fully saturated rings. The fourth-order valence-electron chi connectivity index (χ4n) is 2.78. The van der Waals surface area contributed by atoms with Gasteiger partial charge in [0.05, 0.1) is 6.54 Å². The Balaban J connectivity index is 1.31. The smallest absolute Gasteiger partial charge is 0.488 e. The van der Waals surface area contributed by atoms with Gasteiger partial charge in [-0.25, -0.2) is 0 Å². The van der Waals surface area contributed by atoms with E-state index in [1.807, 2.05) is 24.3 Å². The Bertz CT molecular complexity index is 806. The molecule has 2 aromatic carbocycles. The second kappa shape index (κ2) is 6.03. The van der Waals surface area contributed by atoms with Crippen LogP contribution in [-0.4, -0.2) is 24.1 Å². The zero-order valence-corrected chi connectivity index (χ0v) is 13.7. The summed E-state index contributed by atoms with van der Waals surface area (Å²) >= 11 is 5.23. The van der Waals surface area contributed by atoms with Crippen molar-refractivity contribution in [3.63, 3.8) is 0 Å². The Morgan fingerprint density at radius 2 is 1.92 bits per heavy atom. The highest BCUT2D eigenvalue weighted by Crippen LogP contribution is 2.42. The van der Waals surface area contributed by atoms with Crippen LogP contribution in [0.3, 0.4) is 0 Å². The third-order valence-corrected chi connectivity index (χ3v) is 4.11. The molecule has 0 bridgehead atoms. The number of halogens is 2. The Morgan fingerprint density at radius 1 is 1.12 bits per heavy atom. The van der Waals surface area contributed by atoms with E-state index in [4.69, 9.17) is 17.0 Å². The van der Waals surface area contributed by atoms with Crippen molar-refractivity contribution >= 4 is 23.0 Å². The molecule has 2 heterocycles. The summed E-state index contributed by atoms with van der Waals surface area (Å²) in [7, 11) is 0. The lowest BCUT2D eigenvalue weighted by atomic mass is 10.1. The number of anilines is 1. The van der Waals surface area contributed by atoms with Crippen molar-refractivity contribution in [1.82, 2.24) is 5.32 Å². The van der Waals surface area contributed by atoms with Crippen LogP contribution < -0.4 is 24.8 Å². The van der Waals surface area contributed by atoms with Gasteiger partial charge in [-0.1, -0.05) is 18.2 Å². The first-order valence-electron chi connectivity index (χ1n) is 7.68. The third kappa shape index (κ3) is 3.43. The molecule has 130 valence electrons. The first-order valence-corrected chi connectivity index (χ1v) is 8.09. The summed E-state index contributed by atoms with van der Waals surface area (Å²) in [6.07, 6.45) is -2.83. The first kappa shape index (κ1) is 15.9. The van der Waals surface area contributed by atoms with Crippen LogP contribution in [0.1, 0.15) is 5.56 Å². The minimum absolute atomic E-state index is 0.00686. The van der Waals surface area contributed by atoms with Gasteiger partial charge in [0.15, 0.2) is 16.6 Å². The maximum atomic E-state index is 13.0. The van der Waals surface area contributed by atoms with Gasteiger partial charge in [-0.05, 0) is 36.0 Å². The molecule has 0 aliphatic carbocycles. The number of nitrogens with one attached hydrogen (secondary N) is 2. The van der Waals surface area contributed by atoms with Crippen LogP contribution >= 0.6 is 12.2 Å². The third-order valence-electron chi connectivity index (χ3n) is 3.86. The van der Waals surface area contributed by atoms with Crippen molar-refractivity contribution in [3.05, 3.63) is 48.0 Å². The summed E-state index contributed by atoms with van der Waals surface area (Å²) in [5.41, 5.74) is 1.69. The summed E-state index contributed by atoms with van der Waals surface area (Å²) in [6, 6.07) is 12.3. The van der Waals surface area contributed by atoms with Crippen LogP contribution in [0.2, 0.25) is 0 Å². The quantitative estimate of drug-likeness (QED) is 0.815. The van der Waals surface area contributed by atoms with E-state index in [0.29, 0.717) is 17.3 Å². The monoisotopic (exact) mass is 364 g/mol. The van der Waals surface area contributed by atoms with E-state index in [0.717, 1.165) is 12.2 Å². The van der Waals surface area contributed by atoms with Crippen molar-refractivity contribution in [3.8, 4) is 17.2 Å². The summed E-state index contributed by atoms with van der Waals surface area (Å²) < 4.78 is 40.6. The molecule has 0 saturated carbocycles. The molecule has 0 saturated heterocycles. The number of ether oxygens (including phenoxy) is 3. The number of fused-ring (bicyclic) bond motifs is 2. The number of thiocarbonyl (C=S) groups is 1. The number of para-hydroxylation sites is 1. The molecule has 0 aromatic heterocycles. The number of hydrogen-bond donors (Lipinski definition) is 2. The zero-order valence-electron chi connectivity index (χ0n) is 12.9. The zero-order chi connectivity index (χ0) is 17.4. The average Bonchev–Trinajstić information content (AvgIpc) is 3.11. The molecule has 2 aliphatic heterocycles. The standard InChI is InChI=1S/C17H14F2N2O3S/c18-17(19)23-14-6-5-11(8-15(14)24-17)21-16(25)20-9-12-7-10-3-1-2-4-13(10)22-12/h1-6,8,12H,7,9H2,(H2,20,21,25)/t12-/m1/s1. The summed E-state index contributed by atoms with van der Waals surface area (Å²) in [5, 5.41) is 6.36. The summed E-state index contributed by atoms with van der Waals surface area (Å²) in [5.74, 6) is 0.851. The molecular weight excluding hydrogens is 350 g/mol. The molecule has 2 aliphatic rings. The Kier molecular flexibility index (Phi) is 3.84. The molecule has 0 unspecified atom stereocenters. The normalized spacial score (nSPS) is 19.0. The maximum Gasteiger partial charge on any atom is 0.586 e. The minimum atomic E-state index is -3.63. The molecule has 0 radical (unpaired) electrons. The van der Waals surface area contributed by atoms with E-state index >= 15 is 0 Å². The van der Waals surface area contributed by atoms with Crippen LogP contribution in [0.5, 0.6) is 17.2 Å². The molecule has 5 nitrogen and oxygen atoms in total. The van der Waals surface area contributed by atoms with E-state index in [9.17, 15) is 8.78 Å². The van der Waals surface area contributed by atoms with Gasteiger partial charge in [-0.3, -0.25) is 0 Å². The maximum absolute atomic E-state index is 13.0. The predicted molar refractivity (Wildman–Crippen MR) is 91.4 cm³/mol. The second-order valence-electron chi connectivity index (χ2n) is 5.72. The van der Waals surface area contributed by atoms with Crippen LogP contribution in [0.4, 0.5) is 14.5 Å². The van der Waals surface area contributed by atoms with Gasteiger partial charge in [0, 0.05) is 18.2 Å².